The van der Waals surface area contributed by atoms with Gasteiger partial charge in [-0.3, -0.25) is 0 Å². The molecule has 0 unspecified atom stereocenters. The molecular weight excluding hydrogens is 131 g/mol. The maximum Gasteiger partial charge on any atom is 0 e. The van der Waals surface area contributed by atoms with Crippen molar-refractivity contribution in [1.29, 1.82) is 0 Å². The Balaban J connectivity index is 0.000001000. The van der Waals surface area contributed by atoms with Crippen LogP contribution in [0.1, 0.15) is 52.9 Å². The van der Waals surface area contributed by atoms with Crippen LogP contribution in [0, 0.1) is 11.3 Å². The minimum atomic E-state index is 0. The highest BCUT2D eigenvalue weighted by atomic mass is 14.3. The molecule has 1 aliphatic rings. The average Bonchev–Trinajstić information content (AvgIpc) is 1.88. The van der Waals surface area contributed by atoms with Gasteiger partial charge in [0.2, 0.25) is 0 Å². The van der Waals surface area contributed by atoms with Crippen molar-refractivity contribution in [1.82, 2.24) is 0 Å². The second-order valence-electron chi connectivity index (χ2n) is 4.70. The zero-order valence-electron chi connectivity index (χ0n) is 8.19. The molecule has 0 N–H and O–H groups in total. The molecule has 0 aromatic rings. The van der Waals surface area contributed by atoms with Crippen molar-refractivity contribution in [3.8, 4) is 0 Å². The molecule has 1 heteroatoms. The second kappa shape index (κ2) is 4.18. The third kappa shape index (κ3) is 3.31. The van der Waals surface area contributed by atoms with E-state index in [1.165, 1.54) is 32.1 Å². The van der Waals surface area contributed by atoms with Crippen molar-refractivity contribution < 1.29 is 0 Å². The van der Waals surface area contributed by atoms with Crippen LogP contribution in [0.4, 0.5) is 0 Å². The van der Waals surface area contributed by atoms with E-state index in [4.69, 9.17) is 0 Å². The zero-order chi connectivity index (χ0) is 7.61. The lowest BCUT2D eigenvalue weighted by Crippen LogP contribution is -2.22. The van der Waals surface area contributed by atoms with Crippen molar-refractivity contribution in [2.75, 3.05) is 0 Å². The van der Waals surface area contributed by atoms with Crippen LogP contribution in [0.3, 0.4) is 0 Å². The molecule has 0 aromatic heterocycles. The zero-order valence-corrected chi connectivity index (χ0v) is 8.19. The van der Waals surface area contributed by atoms with Gasteiger partial charge in [-0.05, 0) is 24.2 Å². The summed E-state index contributed by atoms with van der Waals surface area (Å²) >= 11 is 0. The second-order valence-corrected chi connectivity index (χ2v) is 4.70. The number of hydrogen-bond donors (Lipinski definition) is 0. The lowest BCUT2D eigenvalue weighted by molar-refractivity contribution is 0.180. The maximum absolute atomic E-state index is 2.38. The monoisotopic (exact) mass is 151 g/mol. The summed E-state index contributed by atoms with van der Waals surface area (Å²) in [6.45, 7) is 7.13. The quantitative estimate of drug-likeness (QED) is 0.466. The van der Waals surface area contributed by atoms with Gasteiger partial charge in [-0.25, -0.2) is 0 Å². The smallest absolute Gasteiger partial charge is 0 e. The van der Waals surface area contributed by atoms with Crippen molar-refractivity contribution in [2.24, 2.45) is 11.3 Å². The van der Waals surface area contributed by atoms with Gasteiger partial charge in [-0.2, -0.15) is 0 Å². The summed E-state index contributed by atoms with van der Waals surface area (Å²) in [6, 6.07) is 0. The van der Waals surface area contributed by atoms with Crippen molar-refractivity contribution >= 4 is 8.41 Å². The molecule has 0 spiro atoms. The first-order valence-corrected chi connectivity index (χ1v) is 4.61. The van der Waals surface area contributed by atoms with Crippen LogP contribution in [0.2, 0.25) is 0 Å². The van der Waals surface area contributed by atoms with Gasteiger partial charge in [0.1, 0.15) is 0 Å². The van der Waals surface area contributed by atoms with E-state index in [-0.39, 0.29) is 8.41 Å². The average molecular weight is 151 g/mol. The molecule has 0 nitrogen and oxygen atoms in total. The van der Waals surface area contributed by atoms with Crippen LogP contribution < -0.4 is 0 Å². The highest BCUT2D eigenvalue weighted by Crippen LogP contribution is 2.37. The molecule has 0 amide bonds. The van der Waals surface area contributed by atoms with E-state index in [1.807, 2.05) is 0 Å². The third-order valence-electron chi connectivity index (χ3n) is 2.83. The molecule has 63 valence electrons. The molecule has 0 heterocycles. The van der Waals surface area contributed by atoms with E-state index >= 15 is 0 Å². The Labute approximate surface area is 73.3 Å². The minimum absolute atomic E-state index is 0. The topological polar surface area (TPSA) is 0 Å². The predicted octanol–water partition coefficient (Wildman–Crippen LogP) is 3.23. The molecule has 0 saturated heterocycles. The molecule has 0 aromatic carbocycles. The first-order chi connectivity index (χ1) is 4.61. The Bertz CT molecular complexity index is 95.9. The molecule has 1 fully saturated rings. The Morgan fingerprint density at radius 1 is 0.909 bits per heavy atom. The maximum atomic E-state index is 2.38. The Morgan fingerprint density at radius 2 is 1.36 bits per heavy atom. The van der Waals surface area contributed by atoms with Gasteiger partial charge in [-0.1, -0.05) is 40.0 Å². The van der Waals surface area contributed by atoms with E-state index in [0.717, 1.165) is 5.92 Å². The normalized spacial score (nSPS) is 21.0. The van der Waals surface area contributed by atoms with Crippen LogP contribution in [0.25, 0.3) is 0 Å². The van der Waals surface area contributed by atoms with E-state index in [2.05, 4.69) is 20.8 Å². The highest BCUT2D eigenvalue weighted by molar-refractivity contribution is 5.75. The van der Waals surface area contributed by atoms with E-state index in [0.29, 0.717) is 5.41 Å². The first kappa shape index (κ1) is 11.1. The summed E-state index contributed by atoms with van der Waals surface area (Å²) in [5.41, 5.74) is 0.570. The van der Waals surface area contributed by atoms with Gasteiger partial charge in [-0.15, -0.1) is 0 Å². The summed E-state index contributed by atoms with van der Waals surface area (Å²) in [7, 11) is 0. The van der Waals surface area contributed by atoms with Gasteiger partial charge in [0, 0.05) is 8.41 Å². The van der Waals surface area contributed by atoms with Crippen molar-refractivity contribution in [3.05, 3.63) is 0 Å². The standard InChI is InChI=1S/C10H20.B/c1-10(2,3)9-7-5-4-6-8-9;/h9H,4-8H2,1-3H3;. The molecule has 11 heavy (non-hydrogen) atoms. The molecule has 0 aliphatic heterocycles. The molecule has 1 rings (SSSR count). The van der Waals surface area contributed by atoms with Crippen molar-refractivity contribution in [3.63, 3.8) is 0 Å². The Hall–Kier alpha value is 0.0649. The number of rotatable bonds is 0. The molecule has 1 aliphatic carbocycles. The third-order valence-corrected chi connectivity index (χ3v) is 2.83. The van der Waals surface area contributed by atoms with Gasteiger partial charge < -0.3 is 0 Å². The Kier molecular flexibility index (Phi) is 4.21. The molecular formula is C10H20B. The number of hydrogen-bond acceptors (Lipinski definition) is 0. The van der Waals surface area contributed by atoms with Gasteiger partial charge in [0.25, 0.3) is 0 Å². The predicted molar refractivity (Wildman–Crippen MR) is 51.8 cm³/mol. The van der Waals surface area contributed by atoms with Crippen LogP contribution in [-0.4, -0.2) is 8.41 Å². The van der Waals surface area contributed by atoms with E-state index < -0.39 is 0 Å². The molecule has 3 radical (unpaired) electrons. The largest absolute Gasteiger partial charge is 0.0599 e. The minimum Gasteiger partial charge on any atom is -0.0599 e. The summed E-state index contributed by atoms with van der Waals surface area (Å²) < 4.78 is 0. The van der Waals surface area contributed by atoms with Gasteiger partial charge >= 0.3 is 0 Å². The van der Waals surface area contributed by atoms with Crippen LogP contribution in [0.5, 0.6) is 0 Å². The van der Waals surface area contributed by atoms with Crippen LogP contribution in [-0.2, 0) is 0 Å². The van der Waals surface area contributed by atoms with E-state index in [1.54, 1.807) is 0 Å². The van der Waals surface area contributed by atoms with Crippen molar-refractivity contribution in [2.45, 2.75) is 52.9 Å². The Morgan fingerprint density at radius 3 is 1.64 bits per heavy atom. The van der Waals surface area contributed by atoms with Crippen LogP contribution >= 0.6 is 0 Å². The first-order valence-electron chi connectivity index (χ1n) is 4.61. The highest BCUT2D eigenvalue weighted by Gasteiger charge is 2.25. The summed E-state index contributed by atoms with van der Waals surface area (Å²) in [4.78, 5) is 0. The molecule has 1 saturated carbocycles. The summed E-state index contributed by atoms with van der Waals surface area (Å²) in [5.74, 6) is 1.00. The lowest BCUT2D eigenvalue weighted by Gasteiger charge is -2.33. The molecule has 0 atom stereocenters. The summed E-state index contributed by atoms with van der Waals surface area (Å²) in [5, 5.41) is 0. The fourth-order valence-electron chi connectivity index (χ4n) is 1.97. The summed E-state index contributed by atoms with van der Waals surface area (Å²) in [6.07, 6.45) is 7.38. The fourth-order valence-corrected chi connectivity index (χ4v) is 1.97. The lowest BCUT2D eigenvalue weighted by atomic mass is 9.72. The fraction of sp³-hybridized carbons (Fsp3) is 1.00. The van der Waals surface area contributed by atoms with Crippen LogP contribution in [0.15, 0.2) is 0 Å². The molecule has 0 bridgehead atoms. The van der Waals surface area contributed by atoms with Gasteiger partial charge in [0.15, 0.2) is 0 Å². The van der Waals surface area contributed by atoms with E-state index in [9.17, 15) is 0 Å². The SMILES string of the molecule is CC(C)(C)C1CCCCC1.[B]. The van der Waals surface area contributed by atoms with Gasteiger partial charge in [0.05, 0.1) is 0 Å².